The molecule has 2 aromatic heterocycles. The summed E-state index contributed by atoms with van der Waals surface area (Å²) in [5, 5.41) is 28.5. The van der Waals surface area contributed by atoms with Crippen LogP contribution in [0, 0.1) is 6.92 Å². The van der Waals surface area contributed by atoms with Gasteiger partial charge in [-0.3, -0.25) is 4.57 Å². The Morgan fingerprint density at radius 3 is 2.69 bits per heavy atom. The zero-order valence-corrected chi connectivity index (χ0v) is 15.4. The number of aliphatic hydroxyl groups excluding tert-OH is 2. The summed E-state index contributed by atoms with van der Waals surface area (Å²) in [6, 6.07) is 8.76. The van der Waals surface area contributed by atoms with Crippen molar-refractivity contribution in [3.05, 3.63) is 58.8 Å². The summed E-state index contributed by atoms with van der Waals surface area (Å²) in [6.45, 7) is 1.14. The summed E-state index contributed by atoms with van der Waals surface area (Å²) in [6.07, 6.45) is -2.76. The van der Waals surface area contributed by atoms with E-state index in [4.69, 9.17) is 10.5 Å². The van der Waals surface area contributed by atoms with Crippen molar-refractivity contribution in [3.8, 4) is 11.3 Å². The van der Waals surface area contributed by atoms with E-state index in [0.29, 0.717) is 5.69 Å². The van der Waals surface area contributed by atoms with Crippen LogP contribution in [0.2, 0.25) is 0 Å². The van der Waals surface area contributed by atoms with Gasteiger partial charge in [-0.25, -0.2) is 13.9 Å². The number of nitrogens with two attached hydrogens (primary N) is 1. The van der Waals surface area contributed by atoms with E-state index in [1.807, 2.05) is 31.2 Å². The summed E-state index contributed by atoms with van der Waals surface area (Å²) in [5.41, 5.74) is 4.89. The molecule has 11 heteroatoms. The minimum absolute atomic E-state index is 0.0346. The molecule has 0 radical (unpaired) electrons. The van der Waals surface area contributed by atoms with Crippen LogP contribution >= 0.6 is 0 Å². The Morgan fingerprint density at radius 2 is 2.03 bits per heavy atom. The lowest BCUT2D eigenvalue weighted by atomic mass is 10.1. The van der Waals surface area contributed by atoms with Crippen molar-refractivity contribution >= 4 is 5.82 Å². The third-order valence-electron chi connectivity index (χ3n) is 4.94. The Kier molecular flexibility index (Phi) is 4.65. The lowest BCUT2D eigenvalue weighted by Gasteiger charge is -2.29. The average molecular weight is 402 g/mol. The number of aliphatic hydroxyl groups is 2. The summed E-state index contributed by atoms with van der Waals surface area (Å²) < 4.78 is 22.5. The second-order valence-electron chi connectivity index (χ2n) is 6.86. The largest absolute Gasteiger partial charge is 0.391 e. The summed E-state index contributed by atoms with van der Waals surface area (Å²) in [7, 11) is 0. The van der Waals surface area contributed by atoms with Gasteiger partial charge in [-0.15, -0.1) is 5.10 Å². The second-order valence-corrected chi connectivity index (χ2v) is 6.86. The molecule has 0 aliphatic carbocycles. The van der Waals surface area contributed by atoms with Gasteiger partial charge in [0.05, 0.1) is 12.8 Å². The molecular weight excluding hydrogens is 383 g/mol. The van der Waals surface area contributed by atoms with Crippen LogP contribution in [-0.2, 0) is 10.5 Å². The van der Waals surface area contributed by atoms with E-state index in [1.165, 1.54) is 18.5 Å². The first kappa shape index (κ1) is 19.2. The van der Waals surface area contributed by atoms with E-state index in [0.717, 1.165) is 20.4 Å². The van der Waals surface area contributed by atoms with Gasteiger partial charge in [0.25, 0.3) is 0 Å². The number of nitrogen functional groups attached to an aromatic ring is 1. The molecule has 0 saturated carbocycles. The quantitative estimate of drug-likeness (QED) is 0.552. The SMILES string of the molecule is Cc1ccc(-c2cn([C@]3(CO)O[C@@H](n4ccc(N)nc4=O)[C@@H](F)[C@@H]3O)nn2)cc1. The molecule has 0 bridgehead atoms. The molecule has 152 valence electrons. The highest BCUT2D eigenvalue weighted by Gasteiger charge is 2.58. The molecule has 0 spiro atoms. The van der Waals surface area contributed by atoms with Crippen LogP contribution in [0.25, 0.3) is 11.3 Å². The number of halogens is 1. The van der Waals surface area contributed by atoms with Crippen molar-refractivity contribution in [2.45, 2.75) is 31.2 Å². The monoisotopic (exact) mass is 402 g/mol. The average Bonchev–Trinajstić information content (AvgIpc) is 3.28. The highest BCUT2D eigenvalue weighted by molar-refractivity contribution is 5.57. The van der Waals surface area contributed by atoms with Crippen molar-refractivity contribution in [1.29, 1.82) is 0 Å². The van der Waals surface area contributed by atoms with E-state index in [-0.39, 0.29) is 5.82 Å². The van der Waals surface area contributed by atoms with Crippen molar-refractivity contribution < 1.29 is 19.3 Å². The summed E-state index contributed by atoms with van der Waals surface area (Å²) >= 11 is 0. The topological polar surface area (TPSA) is 141 Å². The normalized spacial score (nSPS) is 26.7. The van der Waals surface area contributed by atoms with Gasteiger partial charge in [-0.05, 0) is 13.0 Å². The van der Waals surface area contributed by atoms with Crippen molar-refractivity contribution in [2.24, 2.45) is 0 Å². The minimum atomic E-state index is -2.04. The van der Waals surface area contributed by atoms with Crippen LogP contribution in [0.5, 0.6) is 0 Å². The molecule has 4 N–H and O–H groups in total. The molecule has 3 heterocycles. The standard InChI is InChI=1S/C18H19FN6O4/c1-10-2-4-11(5-3-10)12-8-25(23-22-12)18(9-26)15(27)14(19)16(29-18)24-7-6-13(20)21-17(24)28/h2-8,14-16,26-27H,9H2,1H3,(H2,20,21,28)/t14-,15-,16+,18+/m0/s1. The van der Waals surface area contributed by atoms with Crippen LogP contribution in [0.1, 0.15) is 11.8 Å². The molecule has 4 atom stereocenters. The van der Waals surface area contributed by atoms with Gasteiger partial charge in [-0.2, -0.15) is 4.98 Å². The number of benzene rings is 1. The number of anilines is 1. The zero-order chi connectivity index (χ0) is 20.8. The zero-order valence-electron chi connectivity index (χ0n) is 15.4. The Morgan fingerprint density at radius 1 is 1.31 bits per heavy atom. The van der Waals surface area contributed by atoms with Gasteiger partial charge >= 0.3 is 5.69 Å². The van der Waals surface area contributed by atoms with Crippen LogP contribution in [-0.4, -0.2) is 53.6 Å². The fraction of sp³-hybridized carbons (Fsp3) is 0.333. The number of alkyl halides is 1. The van der Waals surface area contributed by atoms with Gasteiger partial charge in [0, 0.05) is 11.8 Å². The van der Waals surface area contributed by atoms with E-state index >= 15 is 0 Å². The Labute approximate surface area is 164 Å². The van der Waals surface area contributed by atoms with Crippen molar-refractivity contribution in [1.82, 2.24) is 24.5 Å². The molecule has 29 heavy (non-hydrogen) atoms. The predicted octanol–water partition coefficient (Wildman–Crippen LogP) is -0.0345. The lowest BCUT2D eigenvalue weighted by Crippen LogP contribution is -2.48. The maximum atomic E-state index is 14.9. The third kappa shape index (κ3) is 3.09. The third-order valence-corrected chi connectivity index (χ3v) is 4.94. The number of ether oxygens (including phenoxy) is 1. The van der Waals surface area contributed by atoms with Crippen LogP contribution in [0.4, 0.5) is 10.2 Å². The number of aryl methyl sites for hydroxylation is 1. The fourth-order valence-corrected chi connectivity index (χ4v) is 3.28. The Bertz CT molecular complexity index is 1080. The molecule has 4 rings (SSSR count). The lowest BCUT2D eigenvalue weighted by molar-refractivity contribution is -0.187. The molecule has 0 unspecified atom stereocenters. The molecule has 1 aliphatic heterocycles. The minimum Gasteiger partial charge on any atom is -0.391 e. The first-order valence-electron chi connectivity index (χ1n) is 8.81. The first-order chi connectivity index (χ1) is 13.9. The number of rotatable bonds is 4. The van der Waals surface area contributed by atoms with Crippen LogP contribution < -0.4 is 11.4 Å². The molecule has 1 aliphatic rings. The summed E-state index contributed by atoms with van der Waals surface area (Å²) in [4.78, 5) is 15.6. The van der Waals surface area contributed by atoms with Crippen molar-refractivity contribution in [3.63, 3.8) is 0 Å². The van der Waals surface area contributed by atoms with Crippen LogP contribution in [0.3, 0.4) is 0 Å². The van der Waals surface area contributed by atoms with Crippen molar-refractivity contribution in [2.75, 3.05) is 12.3 Å². The number of nitrogens with zero attached hydrogens (tertiary/aromatic N) is 5. The van der Waals surface area contributed by atoms with Crippen LogP contribution in [0.15, 0.2) is 47.5 Å². The highest BCUT2D eigenvalue weighted by Crippen LogP contribution is 2.41. The first-order valence-corrected chi connectivity index (χ1v) is 8.81. The molecule has 0 amide bonds. The molecular formula is C18H19FN6O4. The highest BCUT2D eigenvalue weighted by atomic mass is 19.1. The molecule has 10 nitrogen and oxygen atoms in total. The van der Waals surface area contributed by atoms with Gasteiger partial charge < -0.3 is 20.7 Å². The summed E-state index contributed by atoms with van der Waals surface area (Å²) in [5.74, 6) is -0.0346. The smallest absolute Gasteiger partial charge is 0.351 e. The van der Waals surface area contributed by atoms with Gasteiger partial charge in [-0.1, -0.05) is 35.0 Å². The molecule has 1 fully saturated rings. The van der Waals surface area contributed by atoms with E-state index < -0.39 is 36.5 Å². The maximum absolute atomic E-state index is 14.9. The van der Waals surface area contributed by atoms with Gasteiger partial charge in [0.2, 0.25) is 5.72 Å². The van der Waals surface area contributed by atoms with E-state index in [2.05, 4.69) is 15.3 Å². The Balaban J connectivity index is 1.72. The fourth-order valence-electron chi connectivity index (χ4n) is 3.28. The molecule has 1 saturated heterocycles. The predicted molar refractivity (Wildman–Crippen MR) is 99.2 cm³/mol. The van der Waals surface area contributed by atoms with E-state index in [1.54, 1.807) is 0 Å². The number of hydrogen-bond donors (Lipinski definition) is 3. The molecule has 1 aromatic carbocycles. The number of aromatic nitrogens is 5. The van der Waals surface area contributed by atoms with Gasteiger partial charge in [0.1, 0.15) is 17.6 Å². The Hall–Kier alpha value is -3.15. The second kappa shape index (κ2) is 7.03. The molecule has 3 aromatic rings. The van der Waals surface area contributed by atoms with Gasteiger partial charge in [0.15, 0.2) is 12.4 Å². The number of hydrogen-bond acceptors (Lipinski definition) is 8. The van der Waals surface area contributed by atoms with E-state index in [9.17, 15) is 19.4 Å². The maximum Gasteiger partial charge on any atom is 0.351 e.